The van der Waals surface area contributed by atoms with E-state index in [1.54, 1.807) is 0 Å². The molecule has 0 aliphatic rings. The van der Waals surface area contributed by atoms with Crippen LogP contribution < -0.4 is 5.32 Å². The molecule has 1 heterocycles. The minimum Gasteiger partial charge on any atom is -0.317 e. The third-order valence-corrected chi connectivity index (χ3v) is 4.26. The molecule has 1 aromatic rings. The van der Waals surface area contributed by atoms with Crippen LogP contribution in [0.15, 0.2) is 27.8 Å². The summed E-state index contributed by atoms with van der Waals surface area (Å²) in [6.07, 6.45) is 2.98. The van der Waals surface area contributed by atoms with Gasteiger partial charge in [0.1, 0.15) is 5.03 Å². The third-order valence-electron chi connectivity index (χ3n) is 2.22. The highest BCUT2D eigenvalue weighted by atomic mass is 79.9. The van der Waals surface area contributed by atoms with Crippen molar-refractivity contribution < 1.29 is 0 Å². The second-order valence-electron chi connectivity index (χ2n) is 3.64. The Morgan fingerprint density at radius 2 is 2.27 bits per heavy atom. The Morgan fingerprint density at radius 1 is 1.53 bits per heavy atom. The zero-order valence-corrected chi connectivity index (χ0v) is 11.7. The van der Waals surface area contributed by atoms with Crippen molar-refractivity contribution in [2.24, 2.45) is 0 Å². The Kier molecular flexibility index (Phi) is 5.64. The molecule has 0 amide bonds. The summed E-state index contributed by atoms with van der Waals surface area (Å²) < 4.78 is 1.08. The number of pyridine rings is 1. The molecule has 0 saturated carbocycles. The maximum Gasteiger partial charge on any atom is 0.110 e. The van der Waals surface area contributed by atoms with Gasteiger partial charge in [0.05, 0.1) is 0 Å². The van der Waals surface area contributed by atoms with Crippen molar-refractivity contribution in [3.05, 3.63) is 22.8 Å². The minimum absolute atomic E-state index is 0.551. The number of thioether (sulfide) groups is 1. The normalized spacial score (nSPS) is 14.9. The van der Waals surface area contributed by atoms with E-state index >= 15 is 0 Å². The van der Waals surface area contributed by atoms with Gasteiger partial charge in [0, 0.05) is 22.0 Å². The lowest BCUT2D eigenvalue weighted by atomic mass is 10.2. The monoisotopic (exact) mass is 288 g/mol. The molecule has 4 heteroatoms. The highest BCUT2D eigenvalue weighted by molar-refractivity contribution is 9.10. The Morgan fingerprint density at radius 3 is 2.87 bits per heavy atom. The molecule has 0 aliphatic heterocycles. The summed E-state index contributed by atoms with van der Waals surface area (Å²) in [7, 11) is 2.00. The lowest BCUT2D eigenvalue weighted by molar-refractivity contribution is 0.564. The van der Waals surface area contributed by atoms with E-state index in [4.69, 9.17) is 0 Å². The smallest absolute Gasteiger partial charge is 0.110 e. The van der Waals surface area contributed by atoms with Crippen molar-refractivity contribution in [2.45, 2.75) is 36.6 Å². The molecule has 0 saturated heterocycles. The average Bonchev–Trinajstić information content (AvgIpc) is 2.21. The van der Waals surface area contributed by atoms with E-state index in [9.17, 15) is 0 Å². The Bertz CT molecular complexity index is 306. The Hall–Kier alpha value is -0.0600. The van der Waals surface area contributed by atoms with Crippen LogP contribution in [0.3, 0.4) is 0 Å². The van der Waals surface area contributed by atoms with Crippen LogP contribution in [-0.2, 0) is 0 Å². The summed E-state index contributed by atoms with van der Waals surface area (Å²) >= 11 is 5.32. The van der Waals surface area contributed by atoms with Crippen LogP contribution in [0.5, 0.6) is 0 Å². The van der Waals surface area contributed by atoms with Gasteiger partial charge in [-0.1, -0.05) is 6.92 Å². The summed E-state index contributed by atoms with van der Waals surface area (Å²) in [5, 5.41) is 4.90. The summed E-state index contributed by atoms with van der Waals surface area (Å²) in [5.74, 6) is 0. The zero-order chi connectivity index (χ0) is 11.3. The number of hydrogen-bond donors (Lipinski definition) is 1. The van der Waals surface area contributed by atoms with Crippen LogP contribution in [0.25, 0.3) is 0 Å². The zero-order valence-electron chi connectivity index (χ0n) is 9.33. The largest absolute Gasteiger partial charge is 0.317 e. The van der Waals surface area contributed by atoms with Crippen molar-refractivity contribution in [1.82, 2.24) is 10.3 Å². The maximum absolute atomic E-state index is 4.35. The van der Waals surface area contributed by atoms with Gasteiger partial charge in [-0.2, -0.15) is 0 Å². The van der Waals surface area contributed by atoms with E-state index in [0.717, 1.165) is 15.9 Å². The number of nitrogens with one attached hydrogen (secondary N) is 1. The number of aromatic nitrogens is 1. The van der Waals surface area contributed by atoms with Crippen molar-refractivity contribution in [1.29, 1.82) is 0 Å². The molecule has 0 bridgehead atoms. The predicted molar refractivity (Wildman–Crippen MR) is 70.4 cm³/mol. The van der Waals surface area contributed by atoms with Crippen LogP contribution in [-0.4, -0.2) is 23.3 Å². The Balaban J connectivity index is 2.51. The van der Waals surface area contributed by atoms with E-state index < -0.39 is 0 Å². The highest BCUT2D eigenvalue weighted by Gasteiger charge is 2.10. The fourth-order valence-electron chi connectivity index (χ4n) is 1.31. The molecule has 1 rings (SSSR count). The average molecular weight is 289 g/mol. The molecule has 2 atom stereocenters. The van der Waals surface area contributed by atoms with Crippen molar-refractivity contribution in [3.63, 3.8) is 0 Å². The molecular formula is C11H17BrN2S. The second-order valence-corrected chi connectivity index (χ2v) is 5.93. The van der Waals surface area contributed by atoms with E-state index in [1.807, 2.05) is 37.1 Å². The van der Waals surface area contributed by atoms with E-state index in [-0.39, 0.29) is 0 Å². The standard InChI is InChI=1S/C11H17BrN2S/c1-8(13-3)7-9(2)15-11-10(12)5-4-6-14-11/h4-6,8-9,13H,7H2,1-3H3. The van der Waals surface area contributed by atoms with Crippen LogP contribution in [0.2, 0.25) is 0 Å². The molecule has 0 spiro atoms. The van der Waals surface area contributed by atoms with E-state index in [2.05, 4.69) is 40.1 Å². The van der Waals surface area contributed by atoms with Crippen LogP contribution in [0.4, 0.5) is 0 Å². The molecule has 84 valence electrons. The van der Waals surface area contributed by atoms with Gasteiger partial charge in [-0.3, -0.25) is 0 Å². The van der Waals surface area contributed by atoms with Gasteiger partial charge >= 0.3 is 0 Å². The summed E-state index contributed by atoms with van der Waals surface area (Å²) in [6, 6.07) is 4.52. The minimum atomic E-state index is 0.551. The Labute approximate surface area is 104 Å². The first-order chi connectivity index (χ1) is 7.13. The molecule has 15 heavy (non-hydrogen) atoms. The third kappa shape index (κ3) is 4.53. The molecule has 0 fully saturated rings. The van der Waals surface area contributed by atoms with Gasteiger partial charge in [0.15, 0.2) is 0 Å². The molecular weight excluding hydrogens is 272 g/mol. The van der Waals surface area contributed by atoms with Crippen LogP contribution >= 0.6 is 27.7 Å². The van der Waals surface area contributed by atoms with Gasteiger partial charge < -0.3 is 5.32 Å². The van der Waals surface area contributed by atoms with Crippen molar-refractivity contribution >= 4 is 27.7 Å². The lowest BCUT2D eigenvalue weighted by Crippen LogP contribution is -2.24. The number of halogens is 1. The molecule has 2 nitrogen and oxygen atoms in total. The number of hydrogen-bond acceptors (Lipinski definition) is 3. The molecule has 0 aromatic carbocycles. The van der Waals surface area contributed by atoms with E-state index in [0.29, 0.717) is 11.3 Å². The van der Waals surface area contributed by atoms with Crippen molar-refractivity contribution in [3.8, 4) is 0 Å². The summed E-state index contributed by atoms with van der Waals surface area (Å²) in [4.78, 5) is 4.35. The van der Waals surface area contributed by atoms with Gasteiger partial charge in [-0.05, 0) is 48.5 Å². The van der Waals surface area contributed by atoms with Gasteiger partial charge in [-0.15, -0.1) is 11.8 Å². The topological polar surface area (TPSA) is 24.9 Å². The number of rotatable bonds is 5. The molecule has 1 aromatic heterocycles. The number of nitrogens with zero attached hydrogens (tertiary/aromatic N) is 1. The van der Waals surface area contributed by atoms with Gasteiger partial charge in [0.2, 0.25) is 0 Å². The predicted octanol–water partition coefficient (Wildman–Crippen LogP) is 3.32. The van der Waals surface area contributed by atoms with Gasteiger partial charge in [0.25, 0.3) is 0 Å². The quantitative estimate of drug-likeness (QED) is 0.842. The summed E-state index contributed by atoms with van der Waals surface area (Å²) in [5.41, 5.74) is 0. The van der Waals surface area contributed by atoms with Crippen LogP contribution in [0, 0.1) is 0 Å². The maximum atomic E-state index is 4.35. The molecule has 2 unspecified atom stereocenters. The molecule has 1 N–H and O–H groups in total. The first-order valence-corrected chi connectivity index (χ1v) is 6.75. The van der Waals surface area contributed by atoms with Crippen LogP contribution in [0.1, 0.15) is 20.3 Å². The second kappa shape index (κ2) is 6.51. The molecule has 0 aliphatic carbocycles. The first kappa shape index (κ1) is 13.0. The lowest BCUT2D eigenvalue weighted by Gasteiger charge is -2.16. The van der Waals surface area contributed by atoms with Gasteiger partial charge in [-0.25, -0.2) is 4.98 Å². The molecule has 0 radical (unpaired) electrons. The fourth-order valence-corrected chi connectivity index (χ4v) is 2.92. The van der Waals surface area contributed by atoms with Crippen molar-refractivity contribution in [2.75, 3.05) is 7.05 Å². The highest BCUT2D eigenvalue weighted by Crippen LogP contribution is 2.29. The first-order valence-electron chi connectivity index (χ1n) is 5.08. The fraction of sp³-hybridized carbons (Fsp3) is 0.545. The summed E-state index contributed by atoms with van der Waals surface area (Å²) in [6.45, 7) is 4.43. The van der Waals surface area contributed by atoms with E-state index in [1.165, 1.54) is 0 Å². The SMILES string of the molecule is CNC(C)CC(C)Sc1ncccc1Br.